The molecule has 1 aliphatic rings. The molecule has 1 aliphatic carbocycles. The standard InChI is InChI=1S/C15H21N3OS/c1-19-14-9-7-12(8-10-14)11-16-18-15(20)17-13-5-3-2-4-6-13/h7-11,13H,2-6H2,1H3,(H2,17,18,20)/b16-11+. The SMILES string of the molecule is COc1ccc(/C=N/NC(=S)NC2CCCCC2)cc1. The quantitative estimate of drug-likeness (QED) is 0.509. The molecule has 1 aromatic rings. The summed E-state index contributed by atoms with van der Waals surface area (Å²) in [6, 6.07) is 8.20. The molecule has 2 rings (SSSR count). The van der Waals surface area contributed by atoms with Crippen molar-refractivity contribution in [3.8, 4) is 5.75 Å². The molecule has 0 amide bonds. The summed E-state index contributed by atoms with van der Waals surface area (Å²) in [4.78, 5) is 0. The van der Waals surface area contributed by atoms with Crippen molar-refractivity contribution in [2.24, 2.45) is 5.10 Å². The van der Waals surface area contributed by atoms with Gasteiger partial charge in [-0.2, -0.15) is 5.10 Å². The zero-order valence-electron chi connectivity index (χ0n) is 11.8. The van der Waals surface area contributed by atoms with E-state index in [9.17, 15) is 0 Å². The smallest absolute Gasteiger partial charge is 0.187 e. The normalized spacial score (nSPS) is 16.1. The van der Waals surface area contributed by atoms with Gasteiger partial charge >= 0.3 is 0 Å². The predicted molar refractivity (Wildman–Crippen MR) is 86.3 cm³/mol. The van der Waals surface area contributed by atoms with Gasteiger partial charge in [0.2, 0.25) is 0 Å². The summed E-state index contributed by atoms with van der Waals surface area (Å²) in [7, 11) is 1.65. The van der Waals surface area contributed by atoms with Crippen molar-refractivity contribution in [3.05, 3.63) is 29.8 Å². The Morgan fingerprint density at radius 3 is 2.60 bits per heavy atom. The molecular weight excluding hydrogens is 270 g/mol. The number of hydrazone groups is 1. The minimum atomic E-state index is 0.500. The van der Waals surface area contributed by atoms with Gasteiger partial charge in [0.05, 0.1) is 13.3 Å². The minimum Gasteiger partial charge on any atom is -0.497 e. The van der Waals surface area contributed by atoms with Crippen LogP contribution in [0.25, 0.3) is 0 Å². The van der Waals surface area contributed by atoms with Crippen LogP contribution in [0.4, 0.5) is 0 Å². The molecule has 0 atom stereocenters. The van der Waals surface area contributed by atoms with Gasteiger partial charge in [0.1, 0.15) is 5.75 Å². The Morgan fingerprint density at radius 1 is 1.25 bits per heavy atom. The van der Waals surface area contributed by atoms with Crippen LogP contribution in [0.5, 0.6) is 5.75 Å². The number of nitrogens with one attached hydrogen (secondary N) is 2. The molecule has 1 saturated carbocycles. The summed E-state index contributed by atoms with van der Waals surface area (Å²) in [5.41, 5.74) is 3.86. The molecule has 20 heavy (non-hydrogen) atoms. The fourth-order valence-electron chi connectivity index (χ4n) is 2.32. The molecular formula is C15H21N3OS. The number of methoxy groups -OCH3 is 1. The Kier molecular flexibility index (Phi) is 5.80. The van der Waals surface area contributed by atoms with Gasteiger partial charge in [-0.25, -0.2) is 0 Å². The van der Waals surface area contributed by atoms with Crippen LogP contribution < -0.4 is 15.5 Å². The average molecular weight is 291 g/mol. The molecule has 4 nitrogen and oxygen atoms in total. The first-order chi connectivity index (χ1) is 9.78. The summed E-state index contributed by atoms with van der Waals surface area (Å²) >= 11 is 5.23. The summed E-state index contributed by atoms with van der Waals surface area (Å²) in [6.07, 6.45) is 8.06. The van der Waals surface area contributed by atoms with Gasteiger partial charge in [-0.05, 0) is 54.9 Å². The van der Waals surface area contributed by atoms with Gasteiger partial charge in [-0.1, -0.05) is 19.3 Å². The van der Waals surface area contributed by atoms with Crippen molar-refractivity contribution in [2.45, 2.75) is 38.1 Å². The number of nitrogens with zero attached hydrogens (tertiary/aromatic N) is 1. The zero-order valence-corrected chi connectivity index (χ0v) is 12.6. The number of rotatable bonds is 4. The van der Waals surface area contributed by atoms with Crippen molar-refractivity contribution in [3.63, 3.8) is 0 Å². The zero-order chi connectivity index (χ0) is 14.2. The summed E-state index contributed by atoms with van der Waals surface area (Å²) < 4.78 is 5.11. The van der Waals surface area contributed by atoms with Gasteiger partial charge in [-0.3, -0.25) is 5.43 Å². The highest BCUT2D eigenvalue weighted by molar-refractivity contribution is 7.80. The van der Waals surface area contributed by atoms with Crippen LogP contribution >= 0.6 is 12.2 Å². The van der Waals surface area contributed by atoms with E-state index < -0.39 is 0 Å². The van der Waals surface area contributed by atoms with E-state index >= 15 is 0 Å². The predicted octanol–water partition coefficient (Wildman–Crippen LogP) is 2.83. The lowest BCUT2D eigenvalue weighted by molar-refractivity contribution is 0.412. The topological polar surface area (TPSA) is 45.6 Å². The largest absolute Gasteiger partial charge is 0.497 e. The van der Waals surface area contributed by atoms with Crippen molar-refractivity contribution in [1.29, 1.82) is 0 Å². The van der Waals surface area contributed by atoms with E-state index in [1.54, 1.807) is 13.3 Å². The molecule has 0 aliphatic heterocycles. The lowest BCUT2D eigenvalue weighted by Gasteiger charge is -2.23. The Labute approximate surface area is 125 Å². The lowest BCUT2D eigenvalue weighted by Crippen LogP contribution is -2.40. The molecule has 0 saturated heterocycles. The molecule has 2 N–H and O–H groups in total. The van der Waals surface area contributed by atoms with Gasteiger partial charge in [0, 0.05) is 6.04 Å². The Balaban J connectivity index is 1.75. The van der Waals surface area contributed by atoms with Crippen LogP contribution in [0.15, 0.2) is 29.4 Å². The molecule has 0 unspecified atom stereocenters. The molecule has 0 heterocycles. The maximum atomic E-state index is 5.23. The van der Waals surface area contributed by atoms with Gasteiger partial charge in [-0.15, -0.1) is 0 Å². The molecule has 5 heteroatoms. The second-order valence-electron chi connectivity index (χ2n) is 4.95. The number of hydrogen-bond donors (Lipinski definition) is 2. The summed E-state index contributed by atoms with van der Waals surface area (Å²) in [5.74, 6) is 0.838. The van der Waals surface area contributed by atoms with Crippen LogP contribution in [-0.4, -0.2) is 24.5 Å². The number of benzene rings is 1. The number of ether oxygens (including phenoxy) is 1. The average Bonchev–Trinajstić information content (AvgIpc) is 2.49. The molecule has 0 radical (unpaired) electrons. The molecule has 108 valence electrons. The third-order valence-corrected chi connectivity index (χ3v) is 3.65. The van der Waals surface area contributed by atoms with Gasteiger partial charge in [0.25, 0.3) is 0 Å². The maximum absolute atomic E-state index is 5.23. The first-order valence-electron chi connectivity index (χ1n) is 7.01. The molecule has 0 aromatic heterocycles. The molecule has 1 aromatic carbocycles. The fraction of sp³-hybridized carbons (Fsp3) is 0.467. The monoisotopic (exact) mass is 291 g/mol. The van der Waals surface area contributed by atoms with E-state index in [0.717, 1.165) is 11.3 Å². The second-order valence-corrected chi connectivity index (χ2v) is 5.36. The summed E-state index contributed by atoms with van der Waals surface area (Å²) in [6.45, 7) is 0. The fourth-order valence-corrected chi connectivity index (χ4v) is 2.54. The van der Waals surface area contributed by atoms with E-state index in [1.807, 2.05) is 24.3 Å². The van der Waals surface area contributed by atoms with E-state index in [1.165, 1.54) is 32.1 Å². The van der Waals surface area contributed by atoms with Crippen LogP contribution in [-0.2, 0) is 0 Å². The first-order valence-corrected chi connectivity index (χ1v) is 7.42. The van der Waals surface area contributed by atoms with Crippen molar-refractivity contribution < 1.29 is 4.74 Å². The second kappa shape index (κ2) is 7.85. The van der Waals surface area contributed by atoms with E-state index in [4.69, 9.17) is 17.0 Å². The Morgan fingerprint density at radius 2 is 1.95 bits per heavy atom. The lowest BCUT2D eigenvalue weighted by atomic mass is 9.96. The van der Waals surface area contributed by atoms with E-state index in [-0.39, 0.29) is 0 Å². The molecule has 0 bridgehead atoms. The Bertz CT molecular complexity index is 453. The maximum Gasteiger partial charge on any atom is 0.187 e. The van der Waals surface area contributed by atoms with E-state index in [2.05, 4.69) is 15.8 Å². The van der Waals surface area contributed by atoms with Crippen molar-refractivity contribution >= 4 is 23.5 Å². The Hall–Kier alpha value is -1.62. The summed E-state index contributed by atoms with van der Waals surface area (Å²) in [5, 5.41) is 8.05. The van der Waals surface area contributed by atoms with Gasteiger partial charge in [0.15, 0.2) is 5.11 Å². The van der Waals surface area contributed by atoms with Crippen LogP contribution in [0.1, 0.15) is 37.7 Å². The first kappa shape index (κ1) is 14.8. The van der Waals surface area contributed by atoms with Crippen LogP contribution in [0.2, 0.25) is 0 Å². The number of hydrogen-bond acceptors (Lipinski definition) is 3. The van der Waals surface area contributed by atoms with Crippen LogP contribution in [0.3, 0.4) is 0 Å². The van der Waals surface area contributed by atoms with Crippen molar-refractivity contribution in [1.82, 2.24) is 10.7 Å². The molecule has 1 fully saturated rings. The van der Waals surface area contributed by atoms with Crippen molar-refractivity contribution in [2.75, 3.05) is 7.11 Å². The third-order valence-electron chi connectivity index (χ3n) is 3.44. The third kappa shape index (κ3) is 4.81. The van der Waals surface area contributed by atoms with E-state index in [0.29, 0.717) is 11.2 Å². The number of thiocarbonyl (C=S) groups is 1. The van der Waals surface area contributed by atoms with Gasteiger partial charge < -0.3 is 10.1 Å². The highest BCUT2D eigenvalue weighted by Gasteiger charge is 2.13. The molecule has 0 spiro atoms. The van der Waals surface area contributed by atoms with Crippen LogP contribution in [0, 0.1) is 0 Å². The highest BCUT2D eigenvalue weighted by atomic mass is 32.1. The minimum absolute atomic E-state index is 0.500. The highest BCUT2D eigenvalue weighted by Crippen LogP contribution is 2.17.